The van der Waals surface area contributed by atoms with E-state index in [1.165, 1.54) is 29.6 Å². The predicted molar refractivity (Wildman–Crippen MR) is 111 cm³/mol. The standard InChI is InChI=1S/C20H15Cl2F3N4O2/c21-14-3-1-2-13(8-14)16(10-30)27-18(31)12-6-4-11(5-7-12)17-15(22)9-26-19(28-17)29-20(23,24)25/h1-9,16,30H,10H2,(H,27,31)(H,26,28,29)/t16-/m1/s1. The highest BCUT2D eigenvalue weighted by atomic mass is 35.5. The molecule has 1 atom stereocenters. The zero-order valence-corrected chi connectivity index (χ0v) is 17.1. The molecule has 1 amide bonds. The minimum Gasteiger partial charge on any atom is -0.394 e. The summed E-state index contributed by atoms with van der Waals surface area (Å²) in [5.74, 6) is -1.11. The Kier molecular flexibility index (Phi) is 6.99. The van der Waals surface area contributed by atoms with Crippen LogP contribution >= 0.6 is 23.2 Å². The number of aromatic nitrogens is 2. The highest BCUT2D eigenvalue weighted by molar-refractivity contribution is 6.33. The molecule has 0 saturated carbocycles. The minimum absolute atomic E-state index is 0.0474. The number of carbonyl (C=O) groups is 1. The number of aliphatic hydroxyl groups excluding tert-OH is 1. The molecule has 2 aromatic carbocycles. The molecule has 3 aromatic rings. The molecule has 0 saturated heterocycles. The molecule has 0 spiro atoms. The number of benzene rings is 2. The second-order valence-corrected chi connectivity index (χ2v) is 7.20. The van der Waals surface area contributed by atoms with Gasteiger partial charge in [0.2, 0.25) is 5.95 Å². The number of amides is 1. The van der Waals surface area contributed by atoms with Gasteiger partial charge >= 0.3 is 6.30 Å². The molecule has 0 radical (unpaired) electrons. The van der Waals surface area contributed by atoms with E-state index in [1.807, 2.05) is 0 Å². The smallest absolute Gasteiger partial charge is 0.394 e. The molecule has 0 aliphatic rings. The lowest BCUT2D eigenvalue weighted by Gasteiger charge is -2.17. The van der Waals surface area contributed by atoms with Crippen LogP contribution in [0.2, 0.25) is 10.0 Å². The van der Waals surface area contributed by atoms with Crippen LogP contribution in [-0.4, -0.2) is 33.9 Å². The van der Waals surface area contributed by atoms with Crippen LogP contribution in [0.3, 0.4) is 0 Å². The van der Waals surface area contributed by atoms with Crippen molar-refractivity contribution in [2.45, 2.75) is 12.3 Å². The summed E-state index contributed by atoms with van der Waals surface area (Å²) in [5.41, 5.74) is 1.37. The Morgan fingerprint density at radius 3 is 2.45 bits per heavy atom. The molecule has 3 rings (SSSR count). The number of halogens is 5. The zero-order chi connectivity index (χ0) is 22.6. The molecule has 162 valence electrons. The van der Waals surface area contributed by atoms with Gasteiger partial charge in [0.25, 0.3) is 5.91 Å². The first-order chi connectivity index (χ1) is 14.7. The third-order valence-electron chi connectivity index (χ3n) is 4.16. The van der Waals surface area contributed by atoms with Crippen LogP contribution in [-0.2, 0) is 0 Å². The third kappa shape index (κ3) is 6.06. The van der Waals surface area contributed by atoms with Crippen molar-refractivity contribution in [2.75, 3.05) is 11.9 Å². The maximum absolute atomic E-state index is 12.6. The lowest BCUT2D eigenvalue weighted by molar-refractivity contribution is -0.101. The average Bonchev–Trinajstić information content (AvgIpc) is 2.72. The highest BCUT2D eigenvalue weighted by Crippen LogP contribution is 2.28. The van der Waals surface area contributed by atoms with Crippen LogP contribution in [0.1, 0.15) is 22.0 Å². The van der Waals surface area contributed by atoms with Gasteiger partial charge in [-0.2, -0.15) is 13.2 Å². The van der Waals surface area contributed by atoms with E-state index < -0.39 is 24.2 Å². The van der Waals surface area contributed by atoms with Crippen molar-refractivity contribution in [1.82, 2.24) is 15.3 Å². The molecule has 0 unspecified atom stereocenters. The normalized spacial score (nSPS) is 12.3. The lowest BCUT2D eigenvalue weighted by Crippen LogP contribution is -2.30. The molecule has 6 nitrogen and oxygen atoms in total. The Morgan fingerprint density at radius 1 is 1.13 bits per heavy atom. The maximum Gasteiger partial charge on any atom is 0.484 e. The summed E-state index contributed by atoms with van der Waals surface area (Å²) < 4.78 is 37.5. The molecule has 31 heavy (non-hydrogen) atoms. The molecule has 0 aliphatic carbocycles. The van der Waals surface area contributed by atoms with E-state index in [-0.39, 0.29) is 22.9 Å². The van der Waals surface area contributed by atoms with E-state index in [0.29, 0.717) is 16.1 Å². The first-order valence-electron chi connectivity index (χ1n) is 8.81. The summed E-state index contributed by atoms with van der Waals surface area (Å²) in [6, 6.07) is 12.0. The van der Waals surface area contributed by atoms with E-state index in [9.17, 15) is 23.1 Å². The van der Waals surface area contributed by atoms with Gasteiger partial charge in [0.1, 0.15) is 0 Å². The summed E-state index contributed by atoms with van der Waals surface area (Å²) in [7, 11) is 0. The van der Waals surface area contributed by atoms with E-state index in [4.69, 9.17) is 23.2 Å². The number of hydrogen-bond donors (Lipinski definition) is 3. The molecule has 0 fully saturated rings. The van der Waals surface area contributed by atoms with Crippen molar-refractivity contribution in [3.8, 4) is 11.3 Å². The Labute approximate surface area is 185 Å². The van der Waals surface area contributed by atoms with Crippen LogP contribution in [0.4, 0.5) is 19.1 Å². The molecule has 1 heterocycles. The van der Waals surface area contributed by atoms with Gasteiger partial charge in [0.15, 0.2) is 0 Å². The zero-order valence-electron chi connectivity index (χ0n) is 15.6. The Bertz CT molecular complexity index is 1080. The Morgan fingerprint density at radius 2 is 1.84 bits per heavy atom. The number of nitrogens with one attached hydrogen (secondary N) is 2. The van der Waals surface area contributed by atoms with Crippen molar-refractivity contribution in [3.63, 3.8) is 0 Å². The van der Waals surface area contributed by atoms with Crippen molar-refractivity contribution in [1.29, 1.82) is 0 Å². The fourth-order valence-corrected chi connectivity index (χ4v) is 3.13. The summed E-state index contributed by atoms with van der Waals surface area (Å²) in [4.78, 5) is 19.8. The van der Waals surface area contributed by atoms with Crippen molar-refractivity contribution in [2.24, 2.45) is 0 Å². The lowest BCUT2D eigenvalue weighted by atomic mass is 10.1. The van der Waals surface area contributed by atoms with Gasteiger partial charge < -0.3 is 10.4 Å². The Hall–Kier alpha value is -2.88. The van der Waals surface area contributed by atoms with Crippen LogP contribution in [0.5, 0.6) is 0 Å². The number of aliphatic hydroxyl groups is 1. The van der Waals surface area contributed by atoms with Gasteiger partial charge in [-0.15, -0.1) is 0 Å². The van der Waals surface area contributed by atoms with Gasteiger partial charge in [-0.3, -0.25) is 10.1 Å². The van der Waals surface area contributed by atoms with Crippen molar-refractivity contribution >= 4 is 35.1 Å². The Balaban J connectivity index is 1.78. The van der Waals surface area contributed by atoms with Crippen LogP contribution in [0.25, 0.3) is 11.3 Å². The first kappa shape index (κ1) is 22.8. The van der Waals surface area contributed by atoms with E-state index in [1.54, 1.807) is 24.3 Å². The number of alkyl halides is 3. The average molecular weight is 471 g/mol. The second-order valence-electron chi connectivity index (χ2n) is 6.35. The number of rotatable bonds is 6. The van der Waals surface area contributed by atoms with Crippen LogP contribution < -0.4 is 10.6 Å². The fraction of sp³-hybridized carbons (Fsp3) is 0.150. The number of carbonyl (C=O) groups excluding carboxylic acids is 1. The summed E-state index contributed by atoms with van der Waals surface area (Å²) >= 11 is 12.0. The topological polar surface area (TPSA) is 87.1 Å². The van der Waals surface area contributed by atoms with Gasteiger partial charge in [-0.05, 0) is 29.8 Å². The van der Waals surface area contributed by atoms with Gasteiger partial charge in [-0.1, -0.05) is 47.5 Å². The van der Waals surface area contributed by atoms with Gasteiger partial charge in [0, 0.05) is 16.1 Å². The van der Waals surface area contributed by atoms with Gasteiger partial charge in [0.05, 0.1) is 29.6 Å². The third-order valence-corrected chi connectivity index (χ3v) is 4.67. The summed E-state index contributed by atoms with van der Waals surface area (Å²) in [5, 5.41) is 14.1. The molecule has 11 heteroatoms. The van der Waals surface area contributed by atoms with Crippen molar-refractivity contribution < 1.29 is 23.1 Å². The number of hydrogen-bond acceptors (Lipinski definition) is 5. The summed E-state index contributed by atoms with van der Waals surface area (Å²) in [6.45, 7) is -0.338. The molecule has 1 aromatic heterocycles. The monoisotopic (exact) mass is 470 g/mol. The molecule has 3 N–H and O–H groups in total. The molecular formula is C20H15Cl2F3N4O2. The number of nitrogens with zero attached hydrogens (tertiary/aromatic N) is 2. The maximum atomic E-state index is 12.6. The van der Waals surface area contributed by atoms with Crippen LogP contribution in [0.15, 0.2) is 54.7 Å². The fourth-order valence-electron chi connectivity index (χ4n) is 2.74. The van der Waals surface area contributed by atoms with E-state index >= 15 is 0 Å². The number of anilines is 1. The van der Waals surface area contributed by atoms with E-state index in [0.717, 1.165) is 6.20 Å². The largest absolute Gasteiger partial charge is 0.484 e. The highest BCUT2D eigenvalue weighted by Gasteiger charge is 2.28. The molecule has 0 bridgehead atoms. The predicted octanol–water partition coefficient (Wildman–Crippen LogP) is 4.85. The molecular weight excluding hydrogens is 456 g/mol. The first-order valence-corrected chi connectivity index (χ1v) is 9.57. The van der Waals surface area contributed by atoms with Gasteiger partial charge in [-0.25, -0.2) is 9.97 Å². The second kappa shape index (κ2) is 9.51. The summed E-state index contributed by atoms with van der Waals surface area (Å²) in [6.07, 6.45) is -3.64. The van der Waals surface area contributed by atoms with E-state index in [2.05, 4.69) is 15.3 Å². The minimum atomic E-state index is -4.70. The molecule has 0 aliphatic heterocycles. The SMILES string of the molecule is O=C(N[C@H](CO)c1cccc(Cl)c1)c1ccc(-c2nc(NC(F)(F)F)ncc2Cl)cc1. The quantitative estimate of drug-likeness (QED) is 0.448. The van der Waals surface area contributed by atoms with Crippen molar-refractivity contribution in [3.05, 3.63) is 75.9 Å². The van der Waals surface area contributed by atoms with Crippen LogP contribution in [0, 0.1) is 0 Å².